The molecule has 154 valence electrons. The normalized spacial score (nSPS) is 14.6. The van der Waals surface area contributed by atoms with E-state index in [4.69, 9.17) is 16.3 Å². The zero-order valence-electron chi connectivity index (χ0n) is 14.8. The maximum absolute atomic E-state index is 13.2. The second-order valence-corrected chi connectivity index (χ2v) is 6.61. The Labute approximate surface area is 168 Å². The molecule has 7 nitrogen and oxygen atoms in total. The molecule has 2 aromatic carbocycles. The number of hydrogen-bond donors (Lipinski definition) is 1. The second-order valence-electron chi connectivity index (χ2n) is 6.20. The van der Waals surface area contributed by atoms with Gasteiger partial charge in [0.25, 0.3) is 11.6 Å². The summed E-state index contributed by atoms with van der Waals surface area (Å²) < 4.78 is 44.7. The van der Waals surface area contributed by atoms with Crippen LogP contribution in [0.15, 0.2) is 36.4 Å². The molecule has 0 radical (unpaired) electrons. The molecule has 0 unspecified atom stereocenters. The number of nitro groups is 1. The van der Waals surface area contributed by atoms with Crippen molar-refractivity contribution >= 4 is 34.6 Å². The fourth-order valence-electron chi connectivity index (χ4n) is 2.88. The summed E-state index contributed by atoms with van der Waals surface area (Å²) in [5, 5.41) is 13.1. The number of nitro benzene ring substituents is 1. The van der Waals surface area contributed by atoms with Gasteiger partial charge in [-0.05, 0) is 24.3 Å². The van der Waals surface area contributed by atoms with E-state index in [0.717, 1.165) is 30.3 Å². The fraction of sp³-hybridized carbons (Fsp3) is 0.278. The van der Waals surface area contributed by atoms with Crippen LogP contribution in [0.1, 0.15) is 15.9 Å². The van der Waals surface area contributed by atoms with Gasteiger partial charge in [-0.1, -0.05) is 11.6 Å². The van der Waals surface area contributed by atoms with Gasteiger partial charge in [-0.15, -0.1) is 0 Å². The zero-order chi connectivity index (χ0) is 21.2. The number of carbonyl (C=O) groups is 1. The van der Waals surface area contributed by atoms with Crippen LogP contribution in [-0.2, 0) is 10.9 Å². The van der Waals surface area contributed by atoms with Crippen molar-refractivity contribution in [3.63, 3.8) is 0 Å². The van der Waals surface area contributed by atoms with E-state index in [0.29, 0.717) is 32.0 Å². The van der Waals surface area contributed by atoms with Gasteiger partial charge in [-0.25, -0.2) is 0 Å². The third-order valence-electron chi connectivity index (χ3n) is 4.33. The number of nitrogens with one attached hydrogen (secondary N) is 1. The Hall–Kier alpha value is -2.85. The molecule has 1 fully saturated rings. The molecule has 29 heavy (non-hydrogen) atoms. The number of alkyl halides is 3. The lowest BCUT2D eigenvalue weighted by Gasteiger charge is -2.31. The number of nitrogens with zero attached hydrogens (tertiary/aromatic N) is 2. The van der Waals surface area contributed by atoms with Crippen molar-refractivity contribution in [2.24, 2.45) is 0 Å². The van der Waals surface area contributed by atoms with E-state index < -0.39 is 22.6 Å². The molecule has 0 atom stereocenters. The number of halogens is 4. The Morgan fingerprint density at radius 2 is 1.86 bits per heavy atom. The maximum Gasteiger partial charge on any atom is 0.416 e. The predicted octanol–water partition coefficient (Wildman–Crippen LogP) is 4.36. The molecule has 0 bridgehead atoms. The van der Waals surface area contributed by atoms with Crippen molar-refractivity contribution in [1.82, 2.24) is 0 Å². The lowest BCUT2D eigenvalue weighted by molar-refractivity contribution is -0.384. The summed E-state index contributed by atoms with van der Waals surface area (Å²) in [6.45, 7) is 1.71. The first-order chi connectivity index (χ1) is 13.7. The van der Waals surface area contributed by atoms with E-state index in [1.807, 2.05) is 0 Å². The number of amides is 1. The number of anilines is 2. The number of benzene rings is 2. The number of non-ortho nitro benzene ring substituents is 1. The van der Waals surface area contributed by atoms with E-state index in [1.54, 1.807) is 4.90 Å². The molecule has 1 aliphatic heterocycles. The number of morpholine rings is 1. The van der Waals surface area contributed by atoms with Crippen LogP contribution in [0.3, 0.4) is 0 Å². The summed E-state index contributed by atoms with van der Waals surface area (Å²) in [5.74, 6) is -0.779. The summed E-state index contributed by atoms with van der Waals surface area (Å²) in [6.07, 6.45) is -4.59. The highest BCUT2D eigenvalue weighted by Gasteiger charge is 2.32. The van der Waals surface area contributed by atoms with Crippen molar-refractivity contribution in [1.29, 1.82) is 0 Å². The SMILES string of the molecule is O=C(Nc1cc(C(F)(F)F)ccc1N1CCOCC1)c1ccc([N+](=O)[O-])cc1Cl. The monoisotopic (exact) mass is 429 g/mol. The Bertz CT molecular complexity index is 946. The lowest BCUT2D eigenvalue weighted by atomic mass is 10.1. The molecule has 11 heteroatoms. The summed E-state index contributed by atoms with van der Waals surface area (Å²) >= 11 is 5.95. The van der Waals surface area contributed by atoms with Crippen molar-refractivity contribution in [3.05, 3.63) is 62.7 Å². The van der Waals surface area contributed by atoms with E-state index in [1.165, 1.54) is 6.07 Å². The average Bonchev–Trinajstić information content (AvgIpc) is 2.67. The molecule has 2 aromatic rings. The van der Waals surface area contributed by atoms with Crippen LogP contribution in [0.2, 0.25) is 5.02 Å². The molecule has 0 aromatic heterocycles. The topological polar surface area (TPSA) is 84.7 Å². The minimum atomic E-state index is -4.59. The summed E-state index contributed by atoms with van der Waals surface area (Å²) in [7, 11) is 0. The van der Waals surface area contributed by atoms with Crippen LogP contribution in [0.25, 0.3) is 0 Å². The molecule has 0 spiro atoms. The van der Waals surface area contributed by atoms with Gasteiger partial charge in [-0.3, -0.25) is 14.9 Å². The maximum atomic E-state index is 13.2. The van der Waals surface area contributed by atoms with Gasteiger partial charge >= 0.3 is 6.18 Å². The molecule has 1 amide bonds. The molecule has 0 saturated carbocycles. The number of carbonyl (C=O) groups excluding carboxylic acids is 1. The third kappa shape index (κ3) is 4.77. The standard InChI is InChI=1S/C18H15ClF3N3O4/c19-14-10-12(25(27)28)2-3-13(14)17(26)23-15-9-11(18(20,21)22)1-4-16(15)24-5-7-29-8-6-24/h1-4,9-10H,5-8H2,(H,23,26). The van der Waals surface area contributed by atoms with Crippen LogP contribution in [0.4, 0.5) is 30.2 Å². The van der Waals surface area contributed by atoms with Gasteiger partial charge in [0, 0.05) is 25.2 Å². The van der Waals surface area contributed by atoms with E-state index in [2.05, 4.69) is 5.32 Å². The van der Waals surface area contributed by atoms with E-state index in [-0.39, 0.29) is 22.0 Å². The molecule has 0 aliphatic carbocycles. The molecular weight excluding hydrogens is 415 g/mol. The highest BCUT2D eigenvalue weighted by atomic mass is 35.5. The summed E-state index contributed by atoms with van der Waals surface area (Å²) in [6, 6.07) is 6.33. The highest BCUT2D eigenvalue weighted by molar-refractivity contribution is 6.34. The van der Waals surface area contributed by atoms with Crippen LogP contribution in [0.5, 0.6) is 0 Å². The summed E-state index contributed by atoms with van der Waals surface area (Å²) in [5.41, 5.74) is -0.948. The molecule has 3 rings (SSSR count). The van der Waals surface area contributed by atoms with E-state index in [9.17, 15) is 28.1 Å². The second kappa shape index (κ2) is 8.26. The highest BCUT2D eigenvalue weighted by Crippen LogP contribution is 2.36. The van der Waals surface area contributed by atoms with E-state index >= 15 is 0 Å². The van der Waals surface area contributed by atoms with Crippen LogP contribution >= 0.6 is 11.6 Å². The van der Waals surface area contributed by atoms with Gasteiger partial charge < -0.3 is 15.0 Å². The quantitative estimate of drug-likeness (QED) is 0.576. The van der Waals surface area contributed by atoms with Gasteiger partial charge in [-0.2, -0.15) is 13.2 Å². The fourth-order valence-corrected chi connectivity index (χ4v) is 3.14. The Kier molecular flexibility index (Phi) is 5.94. The van der Waals surface area contributed by atoms with Crippen molar-refractivity contribution in [2.45, 2.75) is 6.18 Å². The minimum absolute atomic E-state index is 0.0406. The Morgan fingerprint density at radius 3 is 2.45 bits per heavy atom. The molecular formula is C18H15ClF3N3O4. The molecule has 1 saturated heterocycles. The lowest BCUT2D eigenvalue weighted by Crippen LogP contribution is -2.36. The van der Waals surface area contributed by atoms with Gasteiger partial charge in [0.15, 0.2) is 0 Å². The van der Waals surface area contributed by atoms with Crippen LogP contribution in [-0.4, -0.2) is 37.1 Å². The van der Waals surface area contributed by atoms with Crippen molar-refractivity contribution in [2.75, 3.05) is 36.5 Å². The number of rotatable bonds is 4. The number of ether oxygens (including phenoxy) is 1. The van der Waals surface area contributed by atoms with Gasteiger partial charge in [0.2, 0.25) is 0 Å². The molecule has 1 heterocycles. The van der Waals surface area contributed by atoms with Crippen molar-refractivity contribution in [3.8, 4) is 0 Å². The van der Waals surface area contributed by atoms with Crippen LogP contribution < -0.4 is 10.2 Å². The van der Waals surface area contributed by atoms with Crippen molar-refractivity contribution < 1.29 is 27.6 Å². The zero-order valence-corrected chi connectivity index (χ0v) is 15.6. The smallest absolute Gasteiger partial charge is 0.378 e. The van der Waals surface area contributed by atoms with Crippen LogP contribution in [0, 0.1) is 10.1 Å². The van der Waals surface area contributed by atoms with Gasteiger partial charge in [0.1, 0.15) is 0 Å². The average molecular weight is 430 g/mol. The largest absolute Gasteiger partial charge is 0.416 e. The predicted molar refractivity (Wildman–Crippen MR) is 101 cm³/mol. The summed E-state index contributed by atoms with van der Waals surface area (Å²) in [4.78, 5) is 24.6. The number of hydrogen-bond acceptors (Lipinski definition) is 5. The first-order valence-electron chi connectivity index (χ1n) is 8.46. The first kappa shape index (κ1) is 20.9. The first-order valence-corrected chi connectivity index (χ1v) is 8.84. The Balaban J connectivity index is 1.95. The minimum Gasteiger partial charge on any atom is -0.378 e. The Morgan fingerprint density at radius 1 is 1.17 bits per heavy atom. The van der Waals surface area contributed by atoms with Gasteiger partial charge in [0.05, 0.1) is 45.7 Å². The molecule has 1 aliphatic rings. The molecule has 1 N–H and O–H groups in total. The third-order valence-corrected chi connectivity index (χ3v) is 4.64.